The van der Waals surface area contributed by atoms with Gasteiger partial charge < -0.3 is 15.5 Å². The van der Waals surface area contributed by atoms with Crippen molar-refractivity contribution in [1.29, 1.82) is 0 Å². The summed E-state index contributed by atoms with van der Waals surface area (Å²) in [4.78, 5) is 22.8. The average molecular weight is 305 g/mol. The van der Waals surface area contributed by atoms with Crippen LogP contribution in [0.4, 0.5) is 11.8 Å². The van der Waals surface area contributed by atoms with Crippen LogP contribution in [0.3, 0.4) is 0 Å². The summed E-state index contributed by atoms with van der Waals surface area (Å²) in [6.07, 6.45) is 3.97. The van der Waals surface area contributed by atoms with Gasteiger partial charge in [-0.15, -0.1) is 0 Å². The zero-order valence-electron chi connectivity index (χ0n) is 13.8. The van der Waals surface area contributed by atoms with E-state index in [2.05, 4.69) is 20.6 Å². The van der Waals surface area contributed by atoms with Crippen molar-refractivity contribution in [2.24, 2.45) is 11.8 Å². The van der Waals surface area contributed by atoms with Gasteiger partial charge in [0.05, 0.1) is 0 Å². The van der Waals surface area contributed by atoms with Gasteiger partial charge in [0.1, 0.15) is 5.82 Å². The Hall–Kier alpha value is -1.85. The van der Waals surface area contributed by atoms with Gasteiger partial charge in [-0.2, -0.15) is 4.98 Å². The summed E-state index contributed by atoms with van der Waals surface area (Å²) in [6.45, 7) is 9.33. The van der Waals surface area contributed by atoms with E-state index in [1.165, 1.54) is 0 Å². The fraction of sp³-hybridized carbons (Fsp3) is 0.688. The lowest BCUT2D eigenvalue weighted by Gasteiger charge is -2.34. The second-order valence-corrected chi connectivity index (χ2v) is 6.12. The number of aromatic nitrogens is 2. The molecule has 0 unspecified atom stereocenters. The number of nitrogens with zero attached hydrogens (tertiary/aromatic N) is 3. The van der Waals surface area contributed by atoms with Crippen molar-refractivity contribution in [1.82, 2.24) is 14.9 Å². The molecule has 0 radical (unpaired) electrons. The molecule has 0 bridgehead atoms. The standard InChI is InChI=1S/C16H27N5O/c1-4-17-14-7-8-18-16(20-14)19-10-13-6-5-9-21(11-13)15(22)12(2)3/h7-8,12-13H,4-6,9-11H2,1-3H3,(H2,17,18,19,20)/t13-/m0/s1. The second-order valence-electron chi connectivity index (χ2n) is 6.12. The topological polar surface area (TPSA) is 70.2 Å². The molecule has 122 valence electrons. The summed E-state index contributed by atoms with van der Waals surface area (Å²) < 4.78 is 0. The highest BCUT2D eigenvalue weighted by molar-refractivity contribution is 5.78. The molecule has 6 nitrogen and oxygen atoms in total. The van der Waals surface area contributed by atoms with E-state index in [1.807, 2.05) is 31.7 Å². The number of piperidine rings is 1. The average Bonchev–Trinajstić information content (AvgIpc) is 2.53. The zero-order chi connectivity index (χ0) is 15.9. The molecule has 1 aliphatic rings. The molecular formula is C16H27N5O. The Morgan fingerprint density at radius 3 is 3.00 bits per heavy atom. The second kappa shape index (κ2) is 7.96. The van der Waals surface area contributed by atoms with Gasteiger partial charge in [0.25, 0.3) is 0 Å². The molecule has 1 aromatic heterocycles. The lowest BCUT2D eigenvalue weighted by Crippen LogP contribution is -2.43. The number of anilines is 2. The Labute approximate surface area is 132 Å². The monoisotopic (exact) mass is 305 g/mol. The number of rotatable bonds is 6. The van der Waals surface area contributed by atoms with E-state index in [4.69, 9.17) is 0 Å². The fourth-order valence-corrected chi connectivity index (χ4v) is 2.76. The Kier molecular flexibility index (Phi) is 5.98. The number of likely N-dealkylation sites (tertiary alicyclic amines) is 1. The maximum absolute atomic E-state index is 12.1. The smallest absolute Gasteiger partial charge is 0.225 e. The van der Waals surface area contributed by atoms with Gasteiger partial charge in [-0.3, -0.25) is 4.79 Å². The molecule has 0 aliphatic carbocycles. The van der Waals surface area contributed by atoms with Gasteiger partial charge >= 0.3 is 0 Å². The van der Waals surface area contributed by atoms with Crippen LogP contribution in [-0.4, -0.2) is 47.0 Å². The first-order valence-corrected chi connectivity index (χ1v) is 8.19. The lowest BCUT2D eigenvalue weighted by atomic mass is 9.97. The minimum atomic E-state index is 0.0758. The summed E-state index contributed by atoms with van der Waals surface area (Å²) in [5, 5.41) is 6.48. The Bertz CT molecular complexity index is 491. The molecule has 1 amide bonds. The van der Waals surface area contributed by atoms with Gasteiger partial charge in [0.15, 0.2) is 0 Å². The van der Waals surface area contributed by atoms with Crippen LogP contribution in [0.1, 0.15) is 33.6 Å². The normalized spacial score (nSPS) is 18.4. The molecule has 1 aliphatic heterocycles. The van der Waals surface area contributed by atoms with Crippen molar-refractivity contribution in [3.05, 3.63) is 12.3 Å². The number of nitrogens with one attached hydrogen (secondary N) is 2. The molecule has 0 saturated carbocycles. The SMILES string of the molecule is CCNc1ccnc(NC[C@@H]2CCCN(C(=O)C(C)C)C2)n1. The van der Waals surface area contributed by atoms with E-state index in [9.17, 15) is 4.79 Å². The van der Waals surface area contributed by atoms with Crippen LogP contribution < -0.4 is 10.6 Å². The molecule has 2 heterocycles. The molecule has 0 spiro atoms. The summed E-state index contributed by atoms with van der Waals surface area (Å²) in [5.74, 6) is 2.27. The van der Waals surface area contributed by atoms with E-state index in [-0.39, 0.29) is 11.8 Å². The van der Waals surface area contributed by atoms with Crippen LogP contribution in [-0.2, 0) is 4.79 Å². The van der Waals surface area contributed by atoms with E-state index < -0.39 is 0 Å². The third-order valence-corrected chi connectivity index (χ3v) is 3.89. The number of carbonyl (C=O) groups excluding carboxylic acids is 1. The molecule has 22 heavy (non-hydrogen) atoms. The quantitative estimate of drug-likeness (QED) is 0.843. The lowest BCUT2D eigenvalue weighted by molar-refractivity contribution is -0.136. The molecule has 1 aromatic rings. The molecule has 1 atom stereocenters. The van der Waals surface area contributed by atoms with Gasteiger partial charge in [-0.1, -0.05) is 13.8 Å². The molecule has 6 heteroatoms. The summed E-state index contributed by atoms with van der Waals surface area (Å²) in [5.41, 5.74) is 0. The first-order valence-electron chi connectivity index (χ1n) is 8.19. The minimum Gasteiger partial charge on any atom is -0.370 e. The number of amides is 1. The van der Waals surface area contributed by atoms with Crippen LogP contribution in [0.5, 0.6) is 0 Å². The van der Waals surface area contributed by atoms with Crippen molar-refractivity contribution < 1.29 is 4.79 Å². The van der Waals surface area contributed by atoms with Crippen LogP contribution >= 0.6 is 0 Å². The fourth-order valence-electron chi connectivity index (χ4n) is 2.76. The van der Waals surface area contributed by atoms with Gasteiger partial charge in [0, 0.05) is 38.3 Å². The summed E-state index contributed by atoms with van der Waals surface area (Å²) in [6, 6.07) is 1.86. The molecule has 1 saturated heterocycles. The third-order valence-electron chi connectivity index (χ3n) is 3.89. The van der Waals surface area contributed by atoms with E-state index in [1.54, 1.807) is 6.20 Å². The number of hydrogen-bond acceptors (Lipinski definition) is 5. The van der Waals surface area contributed by atoms with Crippen molar-refractivity contribution in [2.75, 3.05) is 36.8 Å². The minimum absolute atomic E-state index is 0.0758. The molecule has 2 N–H and O–H groups in total. The van der Waals surface area contributed by atoms with Gasteiger partial charge in [-0.25, -0.2) is 4.98 Å². The van der Waals surface area contributed by atoms with Crippen molar-refractivity contribution in [3.63, 3.8) is 0 Å². The molecule has 0 aromatic carbocycles. The predicted octanol–water partition coefficient (Wildman–Crippen LogP) is 2.21. The summed E-state index contributed by atoms with van der Waals surface area (Å²) >= 11 is 0. The highest BCUT2D eigenvalue weighted by Gasteiger charge is 2.25. The largest absolute Gasteiger partial charge is 0.370 e. The zero-order valence-corrected chi connectivity index (χ0v) is 13.8. The highest BCUT2D eigenvalue weighted by Crippen LogP contribution is 2.18. The molecule has 2 rings (SSSR count). The van der Waals surface area contributed by atoms with Crippen LogP contribution in [0, 0.1) is 11.8 Å². The first kappa shape index (κ1) is 16.5. The van der Waals surface area contributed by atoms with Gasteiger partial charge in [0.2, 0.25) is 11.9 Å². The Morgan fingerprint density at radius 2 is 2.27 bits per heavy atom. The van der Waals surface area contributed by atoms with Gasteiger partial charge in [-0.05, 0) is 31.7 Å². The number of carbonyl (C=O) groups is 1. The van der Waals surface area contributed by atoms with Crippen LogP contribution in [0.25, 0.3) is 0 Å². The molecular weight excluding hydrogens is 278 g/mol. The maximum atomic E-state index is 12.1. The third kappa shape index (κ3) is 4.58. The van der Waals surface area contributed by atoms with Crippen molar-refractivity contribution >= 4 is 17.7 Å². The van der Waals surface area contributed by atoms with Crippen LogP contribution in [0.15, 0.2) is 12.3 Å². The van der Waals surface area contributed by atoms with Crippen LogP contribution in [0.2, 0.25) is 0 Å². The Morgan fingerprint density at radius 1 is 1.45 bits per heavy atom. The van der Waals surface area contributed by atoms with Crippen molar-refractivity contribution in [3.8, 4) is 0 Å². The van der Waals surface area contributed by atoms with E-state index in [0.29, 0.717) is 11.9 Å². The Balaban J connectivity index is 1.86. The van der Waals surface area contributed by atoms with E-state index in [0.717, 1.165) is 44.8 Å². The van der Waals surface area contributed by atoms with Crippen molar-refractivity contribution in [2.45, 2.75) is 33.6 Å². The summed E-state index contributed by atoms with van der Waals surface area (Å²) in [7, 11) is 0. The molecule has 1 fully saturated rings. The van der Waals surface area contributed by atoms with E-state index >= 15 is 0 Å². The highest BCUT2D eigenvalue weighted by atomic mass is 16.2. The number of hydrogen-bond donors (Lipinski definition) is 2. The predicted molar refractivity (Wildman–Crippen MR) is 88.8 cm³/mol. The first-order chi connectivity index (χ1) is 10.6. The maximum Gasteiger partial charge on any atom is 0.225 e.